The molecule has 0 radical (unpaired) electrons. The smallest absolute Gasteiger partial charge is 0.280 e. The van der Waals surface area contributed by atoms with Crippen molar-refractivity contribution >= 4 is 5.91 Å². The normalized spacial score (nSPS) is 10.5. The number of nitrogens with one attached hydrogen (secondary N) is 1. The Morgan fingerprint density at radius 2 is 2.14 bits per heavy atom. The van der Waals surface area contributed by atoms with Crippen LogP contribution in [0.15, 0.2) is 41.1 Å². The van der Waals surface area contributed by atoms with Crippen molar-refractivity contribution in [2.75, 3.05) is 7.05 Å². The number of nitrogens with zero attached hydrogens (tertiary/aromatic N) is 5. The summed E-state index contributed by atoms with van der Waals surface area (Å²) >= 11 is 0. The fourth-order valence-electron chi connectivity index (χ4n) is 1.71. The second kappa shape index (κ2) is 5.53. The Hall–Kier alpha value is -3.03. The van der Waals surface area contributed by atoms with E-state index >= 15 is 0 Å². The standard InChI is InChI=1S/C13H12N6O2/c1-14-12(20)7-11-16-13(21-18-11)10-8-15-19(17-10)9-5-3-2-4-6-9/h2-6,8H,7H2,1H3,(H,14,20). The first-order valence-electron chi connectivity index (χ1n) is 6.27. The Bertz CT molecular complexity index is 749. The molecule has 3 aromatic rings. The van der Waals surface area contributed by atoms with Crippen molar-refractivity contribution in [1.82, 2.24) is 30.5 Å². The van der Waals surface area contributed by atoms with Gasteiger partial charge in [-0.3, -0.25) is 4.79 Å². The summed E-state index contributed by atoms with van der Waals surface area (Å²) < 4.78 is 5.09. The summed E-state index contributed by atoms with van der Waals surface area (Å²) in [5, 5.41) is 14.7. The van der Waals surface area contributed by atoms with Crippen LogP contribution >= 0.6 is 0 Å². The zero-order valence-corrected chi connectivity index (χ0v) is 11.2. The SMILES string of the molecule is CNC(=O)Cc1noc(-c2cnn(-c3ccccc3)n2)n1. The Morgan fingerprint density at radius 1 is 1.33 bits per heavy atom. The highest BCUT2D eigenvalue weighted by Crippen LogP contribution is 2.14. The van der Waals surface area contributed by atoms with Gasteiger partial charge in [-0.25, -0.2) is 0 Å². The van der Waals surface area contributed by atoms with Crippen LogP contribution in [-0.2, 0) is 11.2 Å². The highest BCUT2D eigenvalue weighted by atomic mass is 16.5. The minimum Gasteiger partial charge on any atom is -0.359 e. The second-order valence-corrected chi connectivity index (χ2v) is 4.22. The Kier molecular flexibility index (Phi) is 3.42. The molecule has 1 amide bonds. The Balaban J connectivity index is 1.82. The van der Waals surface area contributed by atoms with Crippen molar-refractivity contribution in [2.45, 2.75) is 6.42 Å². The first-order valence-corrected chi connectivity index (χ1v) is 6.27. The van der Waals surface area contributed by atoms with Gasteiger partial charge in [0.2, 0.25) is 5.91 Å². The fraction of sp³-hybridized carbons (Fsp3) is 0.154. The van der Waals surface area contributed by atoms with Crippen molar-refractivity contribution < 1.29 is 9.32 Å². The van der Waals surface area contributed by atoms with Gasteiger partial charge in [0, 0.05) is 7.05 Å². The van der Waals surface area contributed by atoms with Crippen molar-refractivity contribution in [3.63, 3.8) is 0 Å². The maximum Gasteiger partial charge on any atom is 0.280 e. The number of benzene rings is 1. The van der Waals surface area contributed by atoms with Gasteiger partial charge < -0.3 is 9.84 Å². The van der Waals surface area contributed by atoms with Crippen molar-refractivity contribution in [3.05, 3.63) is 42.4 Å². The second-order valence-electron chi connectivity index (χ2n) is 4.22. The number of carbonyl (C=O) groups excluding carboxylic acids is 1. The van der Waals surface area contributed by atoms with Gasteiger partial charge in [0.15, 0.2) is 11.5 Å². The molecule has 3 rings (SSSR count). The third-order valence-electron chi connectivity index (χ3n) is 2.76. The van der Waals surface area contributed by atoms with E-state index in [1.165, 1.54) is 11.0 Å². The van der Waals surface area contributed by atoms with Gasteiger partial charge in [-0.15, -0.1) is 5.10 Å². The van der Waals surface area contributed by atoms with Crippen LogP contribution in [0.25, 0.3) is 17.3 Å². The van der Waals surface area contributed by atoms with Gasteiger partial charge in [0.1, 0.15) is 0 Å². The van der Waals surface area contributed by atoms with Crippen LogP contribution in [0.1, 0.15) is 5.82 Å². The summed E-state index contributed by atoms with van der Waals surface area (Å²) in [6.45, 7) is 0. The fourth-order valence-corrected chi connectivity index (χ4v) is 1.71. The lowest BCUT2D eigenvalue weighted by Gasteiger charge is -1.96. The average Bonchev–Trinajstić information content (AvgIpc) is 3.17. The number of amides is 1. The molecule has 0 aliphatic heterocycles. The van der Waals surface area contributed by atoms with Gasteiger partial charge in [0.25, 0.3) is 5.89 Å². The molecular formula is C13H12N6O2. The molecule has 2 aromatic heterocycles. The summed E-state index contributed by atoms with van der Waals surface area (Å²) in [5.41, 5.74) is 1.28. The number of hydrogen-bond acceptors (Lipinski definition) is 6. The van der Waals surface area contributed by atoms with Crippen LogP contribution in [-0.4, -0.2) is 38.1 Å². The van der Waals surface area contributed by atoms with E-state index in [9.17, 15) is 4.79 Å². The van der Waals surface area contributed by atoms with E-state index in [0.717, 1.165) is 5.69 Å². The van der Waals surface area contributed by atoms with E-state index in [1.807, 2.05) is 30.3 Å². The van der Waals surface area contributed by atoms with E-state index in [1.54, 1.807) is 7.05 Å². The summed E-state index contributed by atoms with van der Waals surface area (Å²) in [5.74, 6) is 0.352. The molecule has 1 aromatic carbocycles. The molecule has 0 unspecified atom stereocenters. The number of para-hydroxylation sites is 1. The molecule has 8 nitrogen and oxygen atoms in total. The van der Waals surface area contributed by atoms with Crippen LogP contribution in [0.5, 0.6) is 0 Å². The molecule has 0 saturated heterocycles. The van der Waals surface area contributed by atoms with E-state index in [-0.39, 0.29) is 18.2 Å². The quantitative estimate of drug-likeness (QED) is 0.753. The third-order valence-corrected chi connectivity index (χ3v) is 2.76. The highest BCUT2D eigenvalue weighted by molar-refractivity contribution is 5.77. The van der Waals surface area contributed by atoms with Gasteiger partial charge in [0.05, 0.1) is 18.3 Å². The topological polar surface area (TPSA) is 98.7 Å². The van der Waals surface area contributed by atoms with Crippen LogP contribution in [0.3, 0.4) is 0 Å². The van der Waals surface area contributed by atoms with Crippen molar-refractivity contribution in [2.24, 2.45) is 0 Å². The molecule has 0 aliphatic rings. The minimum atomic E-state index is -0.185. The summed E-state index contributed by atoms with van der Waals surface area (Å²) in [6.07, 6.45) is 1.59. The molecule has 0 aliphatic carbocycles. The molecule has 21 heavy (non-hydrogen) atoms. The first kappa shape index (κ1) is 13.0. The zero-order valence-electron chi connectivity index (χ0n) is 11.2. The van der Waals surface area contributed by atoms with E-state index < -0.39 is 0 Å². The highest BCUT2D eigenvalue weighted by Gasteiger charge is 2.14. The zero-order chi connectivity index (χ0) is 14.7. The van der Waals surface area contributed by atoms with Gasteiger partial charge in [-0.2, -0.15) is 14.9 Å². The number of carbonyl (C=O) groups is 1. The summed E-state index contributed by atoms with van der Waals surface area (Å²) in [7, 11) is 1.55. The molecule has 1 N–H and O–H groups in total. The lowest BCUT2D eigenvalue weighted by Crippen LogP contribution is -2.20. The van der Waals surface area contributed by atoms with Gasteiger partial charge in [-0.1, -0.05) is 23.4 Å². The molecule has 2 heterocycles. The van der Waals surface area contributed by atoms with Crippen LogP contribution in [0.2, 0.25) is 0 Å². The number of hydrogen-bond donors (Lipinski definition) is 1. The maximum absolute atomic E-state index is 11.3. The Morgan fingerprint density at radius 3 is 2.90 bits per heavy atom. The molecule has 0 fully saturated rings. The van der Waals surface area contributed by atoms with Crippen LogP contribution in [0.4, 0.5) is 0 Å². The van der Waals surface area contributed by atoms with Crippen LogP contribution < -0.4 is 5.32 Å². The molecule has 106 valence electrons. The van der Waals surface area contributed by atoms with E-state index in [0.29, 0.717) is 11.5 Å². The molecule has 0 atom stereocenters. The summed E-state index contributed by atoms with van der Waals surface area (Å²) in [6, 6.07) is 9.47. The lowest BCUT2D eigenvalue weighted by atomic mass is 10.3. The molecular weight excluding hydrogens is 272 g/mol. The molecule has 8 heteroatoms. The van der Waals surface area contributed by atoms with E-state index in [4.69, 9.17) is 4.52 Å². The Labute approximate surface area is 119 Å². The monoisotopic (exact) mass is 284 g/mol. The van der Waals surface area contributed by atoms with Crippen molar-refractivity contribution in [1.29, 1.82) is 0 Å². The number of aromatic nitrogens is 5. The van der Waals surface area contributed by atoms with Crippen molar-refractivity contribution in [3.8, 4) is 17.3 Å². The van der Waals surface area contributed by atoms with E-state index in [2.05, 4.69) is 25.7 Å². The van der Waals surface area contributed by atoms with Gasteiger partial charge >= 0.3 is 0 Å². The molecule has 0 saturated carbocycles. The number of likely N-dealkylation sites (N-methyl/N-ethyl adjacent to an activating group) is 1. The predicted octanol–water partition coefficient (Wildman–Crippen LogP) is 0.606. The molecule has 0 bridgehead atoms. The van der Waals surface area contributed by atoms with Crippen LogP contribution in [0, 0.1) is 0 Å². The number of rotatable bonds is 4. The minimum absolute atomic E-state index is 0.0623. The predicted molar refractivity (Wildman–Crippen MR) is 72.4 cm³/mol. The maximum atomic E-state index is 11.3. The average molecular weight is 284 g/mol. The third kappa shape index (κ3) is 2.78. The largest absolute Gasteiger partial charge is 0.359 e. The lowest BCUT2D eigenvalue weighted by molar-refractivity contribution is -0.120. The summed E-state index contributed by atoms with van der Waals surface area (Å²) in [4.78, 5) is 16.8. The van der Waals surface area contributed by atoms with Gasteiger partial charge in [-0.05, 0) is 12.1 Å². The molecule has 0 spiro atoms. The first-order chi connectivity index (χ1) is 10.3.